The molecule has 0 bridgehead atoms. The summed E-state index contributed by atoms with van der Waals surface area (Å²) in [4.78, 5) is 15.7. The van der Waals surface area contributed by atoms with E-state index in [4.69, 9.17) is 9.15 Å². The Morgan fingerprint density at radius 2 is 1.96 bits per heavy atom. The normalized spacial score (nSPS) is 11.4. The van der Waals surface area contributed by atoms with Crippen LogP contribution in [0.5, 0.6) is 5.75 Å². The summed E-state index contributed by atoms with van der Waals surface area (Å²) in [7, 11) is 0. The number of rotatable bonds is 7. The monoisotopic (exact) mass is 335 g/mol. The van der Waals surface area contributed by atoms with E-state index >= 15 is 0 Å². The molecule has 2 aromatic carbocycles. The average molecular weight is 335 g/mol. The van der Waals surface area contributed by atoms with Crippen molar-refractivity contribution in [2.75, 3.05) is 6.61 Å². The molecule has 0 aliphatic carbocycles. The molecule has 0 aliphatic heterocycles. The van der Waals surface area contributed by atoms with Gasteiger partial charge < -0.3 is 14.3 Å². The first kappa shape index (κ1) is 16.5. The second-order valence-electron chi connectivity index (χ2n) is 5.36. The Morgan fingerprint density at radius 3 is 2.72 bits per heavy atom. The van der Waals surface area contributed by atoms with E-state index in [1.807, 2.05) is 42.5 Å². The molecule has 0 radical (unpaired) electrons. The Morgan fingerprint density at radius 1 is 1.20 bits per heavy atom. The molecule has 1 heterocycles. The van der Waals surface area contributed by atoms with Crippen LogP contribution in [0.4, 0.5) is 0 Å². The number of nitrogens with zero attached hydrogens (tertiary/aromatic N) is 1. The lowest BCUT2D eigenvalue weighted by Crippen LogP contribution is -1.99. The smallest absolute Gasteiger partial charge is 0.308 e. The predicted octanol–water partition coefficient (Wildman–Crippen LogP) is 4.41. The van der Waals surface area contributed by atoms with Crippen LogP contribution in [0.3, 0.4) is 0 Å². The molecule has 5 nitrogen and oxygen atoms in total. The molecular weight excluding hydrogens is 318 g/mol. The van der Waals surface area contributed by atoms with E-state index in [0.717, 1.165) is 5.56 Å². The van der Waals surface area contributed by atoms with E-state index in [0.29, 0.717) is 34.9 Å². The highest BCUT2D eigenvalue weighted by Crippen LogP contribution is 2.28. The van der Waals surface area contributed by atoms with Gasteiger partial charge in [-0.25, -0.2) is 4.98 Å². The van der Waals surface area contributed by atoms with Crippen LogP contribution in [0.2, 0.25) is 0 Å². The van der Waals surface area contributed by atoms with Gasteiger partial charge in [0.15, 0.2) is 5.58 Å². The van der Waals surface area contributed by atoms with Gasteiger partial charge in [0.1, 0.15) is 17.9 Å². The third-order valence-corrected chi connectivity index (χ3v) is 3.52. The van der Waals surface area contributed by atoms with Crippen molar-refractivity contribution in [3.05, 3.63) is 72.6 Å². The molecule has 5 heteroatoms. The summed E-state index contributed by atoms with van der Waals surface area (Å²) >= 11 is 0. The van der Waals surface area contributed by atoms with Crippen molar-refractivity contribution in [2.45, 2.75) is 6.42 Å². The summed E-state index contributed by atoms with van der Waals surface area (Å²) in [5.74, 6) is -0.0264. The van der Waals surface area contributed by atoms with Crippen LogP contribution >= 0.6 is 0 Å². The topological polar surface area (TPSA) is 72.6 Å². The molecule has 0 amide bonds. The van der Waals surface area contributed by atoms with Crippen molar-refractivity contribution in [3.8, 4) is 5.75 Å². The zero-order chi connectivity index (χ0) is 17.6. The molecule has 0 saturated carbocycles. The van der Waals surface area contributed by atoms with E-state index in [1.54, 1.807) is 18.2 Å². The standard InChI is InChI=1S/C20H17NO4/c1-2-11-24-17-9-5-3-7-14(17)12-15(13-19(22)23)20-21-16-8-4-6-10-18(16)25-20/h2-10,12H,1,11,13H2,(H,22,23)/b15-12+. The largest absolute Gasteiger partial charge is 0.489 e. The number of carbonyl (C=O) groups is 1. The van der Waals surface area contributed by atoms with Gasteiger partial charge in [-0.2, -0.15) is 0 Å². The Bertz CT molecular complexity index is 907. The molecule has 1 aromatic heterocycles. The van der Waals surface area contributed by atoms with Gasteiger partial charge in [0, 0.05) is 11.1 Å². The fraction of sp³-hybridized carbons (Fsp3) is 0.100. The maximum atomic E-state index is 11.3. The van der Waals surface area contributed by atoms with Crippen LogP contribution < -0.4 is 4.74 Å². The Kier molecular flexibility index (Phi) is 4.95. The van der Waals surface area contributed by atoms with Crippen molar-refractivity contribution in [1.29, 1.82) is 0 Å². The zero-order valence-electron chi connectivity index (χ0n) is 13.5. The maximum absolute atomic E-state index is 11.3. The molecule has 0 saturated heterocycles. The highest BCUT2D eigenvalue weighted by atomic mass is 16.5. The molecule has 0 unspecified atom stereocenters. The van der Waals surface area contributed by atoms with E-state index in [9.17, 15) is 9.90 Å². The third kappa shape index (κ3) is 3.95. The van der Waals surface area contributed by atoms with Crippen LogP contribution in [-0.2, 0) is 4.79 Å². The van der Waals surface area contributed by atoms with Gasteiger partial charge in [-0.15, -0.1) is 0 Å². The van der Waals surface area contributed by atoms with Gasteiger partial charge in [-0.1, -0.05) is 43.0 Å². The Hall–Kier alpha value is -3.34. The lowest BCUT2D eigenvalue weighted by Gasteiger charge is -2.08. The van der Waals surface area contributed by atoms with E-state index < -0.39 is 5.97 Å². The van der Waals surface area contributed by atoms with Crippen molar-refractivity contribution in [2.24, 2.45) is 0 Å². The lowest BCUT2D eigenvalue weighted by atomic mass is 10.1. The van der Waals surface area contributed by atoms with Gasteiger partial charge in [0.25, 0.3) is 0 Å². The number of para-hydroxylation sites is 3. The van der Waals surface area contributed by atoms with E-state index in [2.05, 4.69) is 11.6 Å². The number of carboxylic acids is 1. The number of oxazole rings is 1. The molecule has 0 spiro atoms. The predicted molar refractivity (Wildman–Crippen MR) is 96.3 cm³/mol. The summed E-state index contributed by atoms with van der Waals surface area (Å²) in [5, 5.41) is 9.25. The van der Waals surface area contributed by atoms with Crippen LogP contribution in [-0.4, -0.2) is 22.7 Å². The van der Waals surface area contributed by atoms with Crippen molar-refractivity contribution < 1.29 is 19.1 Å². The van der Waals surface area contributed by atoms with Crippen LogP contribution in [0.1, 0.15) is 17.9 Å². The van der Waals surface area contributed by atoms with Crippen LogP contribution in [0.25, 0.3) is 22.7 Å². The Balaban J connectivity index is 2.05. The van der Waals surface area contributed by atoms with E-state index in [-0.39, 0.29) is 6.42 Å². The molecule has 3 aromatic rings. The number of fused-ring (bicyclic) bond motifs is 1. The van der Waals surface area contributed by atoms with Gasteiger partial charge in [0.05, 0.1) is 6.42 Å². The van der Waals surface area contributed by atoms with Crippen molar-refractivity contribution in [3.63, 3.8) is 0 Å². The number of hydrogen-bond donors (Lipinski definition) is 1. The molecule has 126 valence electrons. The number of benzene rings is 2. The second kappa shape index (κ2) is 7.49. The van der Waals surface area contributed by atoms with Gasteiger partial charge >= 0.3 is 5.97 Å². The minimum absolute atomic E-state index is 0.206. The molecule has 0 fully saturated rings. The number of carboxylic acid groups (broad SMARTS) is 1. The molecule has 25 heavy (non-hydrogen) atoms. The quantitative estimate of drug-likeness (QED) is 0.648. The fourth-order valence-electron chi connectivity index (χ4n) is 2.43. The second-order valence-corrected chi connectivity index (χ2v) is 5.36. The minimum atomic E-state index is -0.960. The SMILES string of the molecule is C=CCOc1ccccc1/C=C(\CC(=O)O)c1nc2ccccc2o1. The Labute approximate surface area is 144 Å². The number of aromatic nitrogens is 1. The first-order chi connectivity index (χ1) is 12.2. The van der Waals surface area contributed by atoms with Gasteiger partial charge in [-0.05, 0) is 24.3 Å². The molecule has 3 rings (SSSR count). The minimum Gasteiger partial charge on any atom is -0.489 e. The lowest BCUT2D eigenvalue weighted by molar-refractivity contribution is -0.135. The molecular formula is C20H17NO4. The van der Waals surface area contributed by atoms with E-state index in [1.165, 1.54) is 0 Å². The highest BCUT2D eigenvalue weighted by molar-refractivity contribution is 5.91. The molecule has 1 N–H and O–H groups in total. The highest BCUT2D eigenvalue weighted by Gasteiger charge is 2.15. The zero-order valence-corrected chi connectivity index (χ0v) is 13.5. The third-order valence-electron chi connectivity index (χ3n) is 3.52. The fourth-order valence-corrected chi connectivity index (χ4v) is 2.43. The number of ether oxygens (including phenoxy) is 1. The summed E-state index contributed by atoms with van der Waals surface area (Å²) < 4.78 is 11.4. The molecule has 0 aliphatic rings. The summed E-state index contributed by atoms with van der Waals surface area (Å²) in [6.45, 7) is 4.00. The summed E-state index contributed by atoms with van der Waals surface area (Å²) in [5.41, 5.74) is 2.52. The van der Waals surface area contributed by atoms with Gasteiger partial charge in [0.2, 0.25) is 5.89 Å². The number of aliphatic carboxylic acids is 1. The van der Waals surface area contributed by atoms with Crippen LogP contribution in [0, 0.1) is 0 Å². The van der Waals surface area contributed by atoms with Gasteiger partial charge in [-0.3, -0.25) is 4.79 Å². The maximum Gasteiger partial charge on any atom is 0.308 e. The first-order valence-electron chi connectivity index (χ1n) is 7.78. The summed E-state index contributed by atoms with van der Waals surface area (Å²) in [6.07, 6.45) is 3.18. The summed E-state index contributed by atoms with van der Waals surface area (Å²) in [6, 6.07) is 14.7. The first-order valence-corrected chi connectivity index (χ1v) is 7.78. The number of hydrogen-bond acceptors (Lipinski definition) is 4. The van der Waals surface area contributed by atoms with Crippen molar-refractivity contribution in [1.82, 2.24) is 4.98 Å². The van der Waals surface area contributed by atoms with Crippen LogP contribution in [0.15, 0.2) is 65.6 Å². The average Bonchev–Trinajstić information content (AvgIpc) is 3.04. The van der Waals surface area contributed by atoms with Crippen molar-refractivity contribution >= 4 is 28.7 Å². The molecule has 0 atom stereocenters.